The van der Waals surface area contributed by atoms with Gasteiger partial charge in [-0.25, -0.2) is 0 Å². The first-order valence-electron chi connectivity index (χ1n) is 6.09. The Morgan fingerprint density at radius 2 is 1.39 bits per heavy atom. The number of rotatable bonds is 4. The highest BCUT2D eigenvalue weighted by Gasteiger charge is 2.07. The van der Waals surface area contributed by atoms with Gasteiger partial charge >= 0.3 is 0 Å². The smallest absolute Gasteiger partial charge is 0.0883 e. The van der Waals surface area contributed by atoms with Crippen molar-refractivity contribution in [1.82, 2.24) is 0 Å². The van der Waals surface area contributed by atoms with Gasteiger partial charge in [0, 0.05) is 10.6 Å². The number of aliphatic hydroxyl groups is 1. The van der Waals surface area contributed by atoms with E-state index >= 15 is 0 Å². The van der Waals surface area contributed by atoms with Crippen LogP contribution in [0.15, 0.2) is 53.4 Å². The van der Waals surface area contributed by atoms with E-state index in [2.05, 4.69) is 38.1 Å². The maximum absolute atomic E-state index is 10.1. The molecule has 0 saturated carbocycles. The molecule has 1 unspecified atom stereocenters. The molecule has 0 radical (unpaired) electrons. The van der Waals surface area contributed by atoms with Crippen LogP contribution in [0.5, 0.6) is 0 Å². The Morgan fingerprint density at radius 3 is 1.94 bits per heavy atom. The molecule has 1 atom stereocenters. The summed E-state index contributed by atoms with van der Waals surface area (Å²) in [6.07, 6.45) is -0.406. The minimum Gasteiger partial charge on any atom is -0.388 e. The molecule has 0 aliphatic heterocycles. The van der Waals surface area contributed by atoms with Crippen molar-refractivity contribution in [2.75, 3.05) is 5.75 Å². The van der Waals surface area contributed by atoms with Crippen LogP contribution in [-0.4, -0.2) is 10.9 Å². The van der Waals surface area contributed by atoms with Gasteiger partial charge in [-0.15, -0.1) is 11.8 Å². The predicted octanol–water partition coefficient (Wildman–Crippen LogP) is 4.13. The third-order valence-corrected chi connectivity index (χ3v) is 3.98. The Morgan fingerprint density at radius 1 is 0.889 bits per heavy atom. The van der Waals surface area contributed by atoms with Crippen molar-refractivity contribution in [3.8, 4) is 0 Å². The van der Waals surface area contributed by atoms with Crippen molar-refractivity contribution in [3.63, 3.8) is 0 Å². The zero-order valence-electron chi connectivity index (χ0n) is 10.8. The van der Waals surface area contributed by atoms with Crippen LogP contribution in [0.4, 0.5) is 0 Å². The van der Waals surface area contributed by atoms with Crippen molar-refractivity contribution in [1.29, 1.82) is 0 Å². The number of thioether (sulfide) groups is 1. The van der Waals surface area contributed by atoms with Crippen LogP contribution in [0.3, 0.4) is 0 Å². The van der Waals surface area contributed by atoms with Crippen LogP contribution in [0.25, 0.3) is 0 Å². The average Bonchev–Trinajstić information content (AvgIpc) is 2.38. The minimum absolute atomic E-state index is 0.406. The van der Waals surface area contributed by atoms with Gasteiger partial charge in [0.2, 0.25) is 0 Å². The molecule has 2 aromatic carbocycles. The summed E-state index contributed by atoms with van der Waals surface area (Å²) in [6.45, 7) is 4.13. The van der Waals surface area contributed by atoms with E-state index < -0.39 is 6.10 Å². The molecule has 0 saturated heterocycles. The van der Waals surface area contributed by atoms with Crippen LogP contribution < -0.4 is 0 Å². The summed E-state index contributed by atoms with van der Waals surface area (Å²) in [6, 6.07) is 16.5. The highest BCUT2D eigenvalue weighted by Crippen LogP contribution is 2.25. The third-order valence-electron chi connectivity index (χ3n) is 2.89. The fourth-order valence-corrected chi connectivity index (χ4v) is 2.57. The fraction of sp³-hybridized carbons (Fsp3) is 0.250. The van der Waals surface area contributed by atoms with E-state index in [9.17, 15) is 5.11 Å². The number of hydrogen-bond acceptors (Lipinski definition) is 2. The highest BCUT2D eigenvalue weighted by molar-refractivity contribution is 7.99. The maximum Gasteiger partial charge on any atom is 0.0883 e. The lowest BCUT2D eigenvalue weighted by atomic mass is 10.1. The third kappa shape index (κ3) is 3.62. The van der Waals surface area contributed by atoms with Crippen LogP contribution in [0.1, 0.15) is 22.8 Å². The molecule has 2 rings (SSSR count). The molecular formula is C16H18OS. The van der Waals surface area contributed by atoms with Crippen LogP contribution in [0, 0.1) is 13.8 Å². The monoisotopic (exact) mass is 258 g/mol. The molecule has 18 heavy (non-hydrogen) atoms. The molecule has 0 aliphatic rings. The Kier molecular flexibility index (Phi) is 4.45. The van der Waals surface area contributed by atoms with Gasteiger partial charge in [-0.2, -0.15) is 0 Å². The zero-order valence-corrected chi connectivity index (χ0v) is 11.6. The SMILES string of the molecule is Cc1ccc(SCC(O)c2ccc(C)cc2)cc1. The van der Waals surface area contributed by atoms with Gasteiger partial charge < -0.3 is 5.11 Å². The summed E-state index contributed by atoms with van der Waals surface area (Å²) in [7, 11) is 0. The second-order valence-electron chi connectivity index (χ2n) is 4.55. The Labute approximate surface area is 113 Å². The second-order valence-corrected chi connectivity index (χ2v) is 5.64. The maximum atomic E-state index is 10.1. The molecule has 2 aromatic rings. The molecular weight excluding hydrogens is 240 g/mol. The first-order chi connectivity index (χ1) is 8.65. The molecule has 0 aliphatic carbocycles. The van der Waals surface area contributed by atoms with Crippen molar-refractivity contribution in [2.45, 2.75) is 24.8 Å². The zero-order chi connectivity index (χ0) is 13.0. The van der Waals surface area contributed by atoms with Gasteiger partial charge in [0.15, 0.2) is 0 Å². The molecule has 0 spiro atoms. The van der Waals surface area contributed by atoms with Crippen molar-refractivity contribution < 1.29 is 5.11 Å². The van der Waals surface area contributed by atoms with Gasteiger partial charge in [-0.3, -0.25) is 0 Å². The topological polar surface area (TPSA) is 20.2 Å². The van der Waals surface area contributed by atoms with E-state index in [0.29, 0.717) is 5.75 Å². The van der Waals surface area contributed by atoms with E-state index in [1.807, 2.05) is 24.3 Å². The normalized spacial score (nSPS) is 12.4. The molecule has 1 nitrogen and oxygen atoms in total. The quantitative estimate of drug-likeness (QED) is 0.832. The van der Waals surface area contributed by atoms with E-state index in [0.717, 1.165) is 5.56 Å². The number of aliphatic hydroxyl groups excluding tert-OH is 1. The average molecular weight is 258 g/mol. The lowest BCUT2D eigenvalue weighted by Gasteiger charge is -2.11. The summed E-state index contributed by atoms with van der Waals surface area (Å²) in [5.41, 5.74) is 3.47. The number of benzene rings is 2. The summed E-state index contributed by atoms with van der Waals surface area (Å²) in [5, 5.41) is 10.1. The van der Waals surface area contributed by atoms with E-state index in [1.165, 1.54) is 16.0 Å². The predicted molar refractivity (Wildman–Crippen MR) is 78.0 cm³/mol. The highest BCUT2D eigenvalue weighted by atomic mass is 32.2. The second kappa shape index (κ2) is 6.07. The molecule has 1 N–H and O–H groups in total. The Bertz CT molecular complexity index is 488. The number of aryl methyl sites for hydroxylation is 2. The van der Waals surface area contributed by atoms with Gasteiger partial charge in [-0.05, 0) is 31.5 Å². The van der Waals surface area contributed by atoms with E-state index in [4.69, 9.17) is 0 Å². The van der Waals surface area contributed by atoms with Gasteiger partial charge in [0.1, 0.15) is 0 Å². The van der Waals surface area contributed by atoms with Gasteiger partial charge in [-0.1, -0.05) is 47.5 Å². The minimum atomic E-state index is -0.406. The lowest BCUT2D eigenvalue weighted by molar-refractivity contribution is 0.204. The lowest BCUT2D eigenvalue weighted by Crippen LogP contribution is -2.00. The van der Waals surface area contributed by atoms with Crippen molar-refractivity contribution >= 4 is 11.8 Å². The fourth-order valence-electron chi connectivity index (χ4n) is 1.69. The molecule has 0 fully saturated rings. The summed E-state index contributed by atoms with van der Waals surface area (Å²) < 4.78 is 0. The summed E-state index contributed by atoms with van der Waals surface area (Å²) in [5.74, 6) is 0.687. The molecule has 0 aromatic heterocycles. The van der Waals surface area contributed by atoms with Crippen LogP contribution in [-0.2, 0) is 0 Å². The van der Waals surface area contributed by atoms with Crippen LogP contribution >= 0.6 is 11.8 Å². The van der Waals surface area contributed by atoms with E-state index in [1.54, 1.807) is 11.8 Å². The largest absolute Gasteiger partial charge is 0.388 e. The van der Waals surface area contributed by atoms with Crippen molar-refractivity contribution in [2.24, 2.45) is 0 Å². The van der Waals surface area contributed by atoms with Gasteiger partial charge in [0.25, 0.3) is 0 Å². The van der Waals surface area contributed by atoms with Crippen molar-refractivity contribution in [3.05, 3.63) is 65.2 Å². The molecule has 0 amide bonds. The standard InChI is InChI=1S/C16H18OS/c1-12-3-7-14(8-4-12)16(17)11-18-15-9-5-13(2)6-10-15/h3-10,16-17H,11H2,1-2H3. The van der Waals surface area contributed by atoms with E-state index in [-0.39, 0.29) is 0 Å². The summed E-state index contributed by atoms with van der Waals surface area (Å²) in [4.78, 5) is 1.20. The summed E-state index contributed by atoms with van der Waals surface area (Å²) >= 11 is 1.69. The van der Waals surface area contributed by atoms with Crippen LogP contribution in [0.2, 0.25) is 0 Å². The first-order valence-corrected chi connectivity index (χ1v) is 7.08. The Hall–Kier alpha value is -1.25. The van der Waals surface area contributed by atoms with Gasteiger partial charge in [0.05, 0.1) is 6.10 Å². The molecule has 0 bridgehead atoms. The molecule has 0 heterocycles. The molecule has 94 valence electrons. The Balaban J connectivity index is 1.93. The molecule has 2 heteroatoms. The number of hydrogen-bond donors (Lipinski definition) is 1. The first kappa shape index (κ1) is 13.2.